The molecule has 1 N–H and O–H groups in total. The summed E-state index contributed by atoms with van der Waals surface area (Å²) >= 11 is 0. The van der Waals surface area contributed by atoms with Gasteiger partial charge in [0.2, 0.25) is 11.8 Å². The van der Waals surface area contributed by atoms with Crippen molar-refractivity contribution in [2.75, 3.05) is 18.4 Å². The molecule has 1 fully saturated rings. The third kappa shape index (κ3) is 4.55. The van der Waals surface area contributed by atoms with Gasteiger partial charge in [0.1, 0.15) is 0 Å². The zero-order valence-electron chi connectivity index (χ0n) is 15.2. The van der Waals surface area contributed by atoms with Gasteiger partial charge in [0, 0.05) is 42.2 Å². The van der Waals surface area contributed by atoms with Gasteiger partial charge < -0.3 is 10.2 Å². The van der Waals surface area contributed by atoms with Crippen LogP contribution in [0.4, 0.5) is 11.4 Å². The van der Waals surface area contributed by atoms with Crippen LogP contribution in [0.25, 0.3) is 0 Å². The van der Waals surface area contributed by atoms with E-state index in [0.29, 0.717) is 37.2 Å². The van der Waals surface area contributed by atoms with Crippen LogP contribution >= 0.6 is 0 Å². The van der Waals surface area contributed by atoms with Gasteiger partial charge in [0.15, 0.2) is 0 Å². The van der Waals surface area contributed by atoms with Crippen molar-refractivity contribution in [2.45, 2.75) is 40.5 Å². The number of hydrogen-bond acceptors (Lipinski definition) is 4. The molecule has 0 unspecified atom stereocenters. The maximum Gasteiger partial charge on any atom is 0.269 e. The van der Waals surface area contributed by atoms with E-state index in [1.807, 2.05) is 25.7 Å². The van der Waals surface area contributed by atoms with Crippen LogP contribution in [0.1, 0.15) is 39.2 Å². The van der Waals surface area contributed by atoms with E-state index in [1.54, 1.807) is 13.0 Å². The average Bonchev–Trinajstić information content (AvgIpc) is 2.55. The number of likely N-dealkylation sites (tertiary alicyclic amines) is 1. The maximum absolute atomic E-state index is 12.5. The second kappa shape index (κ2) is 7.21. The highest BCUT2D eigenvalue weighted by atomic mass is 16.6. The molecule has 1 aliphatic rings. The van der Waals surface area contributed by atoms with Crippen LogP contribution in [-0.2, 0) is 9.59 Å². The smallest absolute Gasteiger partial charge is 0.269 e. The molecule has 0 saturated carbocycles. The normalized spacial score (nSPS) is 15.8. The Morgan fingerprint density at radius 3 is 2.32 bits per heavy atom. The second-order valence-corrected chi connectivity index (χ2v) is 7.56. The number of nitrogens with one attached hydrogen (secondary N) is 1. The molecule has 7 heteroatoms. The lowest BCUT2D eigenvalue weighted by Crippen LogP contribution is -2.45. The molecular formula is C18H25N3O4. The van der Waals surface area contributed by atoms with E-state index in [0.717, 1.165) is 0 Å². The first kappa shape index (κ1) is 18.9. The monoisotopic (exact) mass is 347 g/mol. The van der Waals surface area contributed by atoms with Gasteiger partial charge in [-0.3, -0.25) is 19.7 Å². The van der Waals surface area contributed by atoms with Gasteiger partial charge in [0.05, 0.1) is 4.92 Å². The number of amides is 2. The number of aryl methyl sites for hydroxylation is 1. The van der Waals surface area contributed by atoms with Crippen LogP contribution in [0.5, 0.6) is 0 Å². The fourth-order valence-electron chi connectivity index (χ4n) is 2.96. The molecule has 7 nitrogen and oxygen atoms in total. The van der Waals surface area contributed by atoms with E-state index >= 15 is 0 Å². The van der Waals surface area contributed by atoms with Crippen LogP contribution in [0.15, 0.2) is 18.2 Å². The molecule has 0 aliphatic carbocycles. The lowest BCUT2D eigenvalue weighted by atomic mass is 9.90. The quantitative estimate of drug-likeness (QED) is 0.671. The van der Waals surface area contributed by atoms with Crippen LogP contribution in [0, 0.1) is 28.4 Å². The van der Waals surface area contributed by atoms with Crippen molar-refractivity contribution in [3.63, 3.8) is 0 Å². The Kier molecular flexibility index (Phi) is 5.45. The second-order valence-electron chi connectivity index (χ2n) is 7.56. The number of nitro groups is 1. The molecule has 1 aromatic rings. The number of rotatable bonds is 3. The molecule has 25 heavy (non-hydrogen) atoms. The van der Waals surface area contributed by atoms with Gasteiger partial charge in [-0.2, -0.15) is 0 Å². The molecule has 0 atom stereocenters. The summed E-state index contributed by atoms with van der Waals surface area (Å²) in [6.07, 6.45) is 1.25. The topological polar surface area (TPSA) is 92.6 Å². The van der Waals surface area contributed by atoms with E-state index in [1.165, 1.54) is 12.1 Å². The Morgan fingerprint density at radius 2 is 1.84 bits per heavy atom. The van der Waals surface area contributed by atoms with Crippen LogP contribution in [0.3, 0.4) is 0 Å². The van der Waals surface area contributed by atoms with Crippen molar-refractivity contribution in [1.82, 2.24) is 4.90 Å². The van der Waals surface area contributed by atoms with Crippen molar-refractivity contribution in [1.29, 1.82) is 0 Å². The molecular weight excluding hydrogens is 322 g/mol. The summed E-state index contributed by atoms with van der Waals surface area (Å²) in [5.41, 5.74) is 0.835. The molecule has 1 aliphatic heterocycles. The summed E-state index contributed by atoms with van der Waals surface area (Å²) in [6, 6.07) is 4.39. The fraction of sp³-hybridized carbons (Fsp3) is 0.556. The molecule has 1 heterocycles. The Bertz CT molecular complexity index is 686. The Hall–Kier alpha value is -2.44. The van der Waals surface area contributed by atoms with E-state index in [-0.39, 0.29) is 23.4 Å². The van der Waals surface area contributed by atoms with E-state index in [2.05, 4.69) is 5.32 Å². The largest absolute Gasteiger partial charge is 0.342 e. The van der Waals surface area contributed by atoms with Crippen molar-refractivity contribution < 1.29 is 14.5 Å². The molecule has 1 saturated heterocycles. The average molecular weight is 347 g/mol. The number of piperidine rings is 1. The number of anilines is 1. The number of carbonyl (C=O) groups is 2. The zero-order chi connectivity index (χ0) is 18.8. The minimum absolute atomic E-state index is 0.00417. The minimum atomic E-state index is -0.458. The summed E-state index contributed by atoms with van der Waals surface area (Å²) < 4.78 is 0. The van der Waals surface area contributed by atoms with Gasteiger partial charge in [-0.05, 0) is 31.4 Å². The SMILES string of the molecule is Cc1cc([N+](=O)[O-])ccc1NC(=O)C1CCN(C(=O)C(C)(C)C)CC1. The number of nitrogens with zero attached hydrogens (tertiary/aromatic N) is 2. The van der Waals surface area contributed by atoms with Gasteiger partial charge in [0.25, 0.3) is 5.69 Å². The minimum Gasteiger partial charge on any atom is -0.342 e. The molecule has 136 valence electrons. The van der Waals surface area contributed by atoms with Crippen LogP contribution in [-0.4, -0.2) is 34.7 Å². The lowest BCUT2D eigenvalue weighted by Gasteiger charge is -2.35. The highest BCUT2D eigenvalue weighted by molar-refractivity contribution is 5.93. The lowest BCUT2D eigenvalue weighted by molar-refractivity contribution is -0.384. The summed E-state index contributed by atoms with van der Waals surface area (Å²) in [6.45, 7) is 8.57. The summed E-state index contributed by atoms with van der Waals surface area (Å²) in [5.74, 6) is -0.143. The van der Waals surface area contributed by atoms with Crippen LogP contribution in [0.2, 0.25) is 0 Å². The Labute approximate surface area is 147 Å². The van der Waals surface area contributed by atoms with E-state index in [4.69, 9.17) is 0 Å². The first-order chi connectivity index (χ1) is 11.6. The zero-order valence-corrected chi connectivity index (χ0v) is 15.2. The molecule has 0 aromatic heterocycles. The standard InChI is InChI=1S/C18H25N3O4/c1-12-11-14(21(24)25)5-6-15(12)19-16(22)13-7-9-20(10-8-13)17(23)18(2,3)4/h5-6,11,13H,7-10H2,1-4H3,(H,19,22). The van der Waals surface area contributed by atoms with Crippen molar-refractivity contribution in [3.8, 4) is 0 Å². The number of nitro benzene ring substituents is 1. The highest BCUT2D eigenvalue weighted by Crippen LogP contribution is 2.26. The molecule has 0 spiro atoms. The first-order valence-electron chi connectivity index (χ1n) is 8.45. The van der Waals surface area contributed by atoms with Gasteiger partial charge in [-0.1, -0.05) is 20.8 Å². The fourth-order valence-corrected chi connectivity index (χ4v) is 2.96. The Morgan fingerprint density at radius 1 is 1.24 bits per heavy atom. The molecule has 0 radical (unpaired) electrons. The number of non-ortho nitro benzene ring substituents is 1. The maximum atomic E-state index is 12.5. The summed E-state index contributed by atoms with van der Waals surface area (Å²) in [4.78, 5) is 36.9. The van der Waals surface area contributed by atoms with Gasteiger partial charge >= 0.3 is 0 Å². The third-order valence-electron chi connectivity index (χ3n) is 4.47. The molecule has 1 aromatic carbocycles. The summed E-state index contributed by atoms with van der Waals surface area (Å²) in [7, 11) is 0. The van der Waals surface area contributed by atoms with Crippen molar-refractivity contribution in [3.05, 3.63) is 33.9 Å². The summed E-state index contributed by atoms with van der Waals surface area (Å²) in [5, 5.41) is 13.6. The first-order valence-corrected chi connectivity index (χ1v) is 8.45. The number of carbonyl (C=O) groups excluding carboxylic acids is 2. The number of hydrogen-bond donors (Lipinski definition) is 1. The predicted octanol–water partition coefficient (Wildman–Crippen LogP) is 3.13. The molecule has 2 amide bonds. The number of benzene rings is 1. The van der Waals surface area contributed by atoms with Gasteiger partial charge in [-0.25, -0.2) is 0 Å². The Balaban J connectivity index is 1.95. The van der Waals surface area contributed by atoms with E-state index in [9.17, 15) is 19.7 Å². The predicted molar refractivity (Wildman–Crippen MR) is 95.2 cm³/mol. The molecule has 2 rings (SSSR count). The van der Waals surface area contributed by atoms with E-state index < -0.39 is 10.3 Å². The third-order valence-corrected chi connectivity index (χ3v) is 4.47. The van der Waals surface area contributed by atoms with Crippen molar-refractivity contribution in [2.24, 2.45) is 11.3 Å². The van der Waals surface area contributed by atoms with Crippen molar-refractivity contribution >= 4 is 23.2 Å². The van der Waals surface area contributed by atoms with Crippen LogP contribution < -0.4 is 5.32 Å². The van der Waals surface area contributed by atoms with Gasteiger partial charge in [-0.15, -0.1) is 0 Å². The highest BCUT2D eigenvalue weighted by Gasteiger charge is 2.32. The molecule has 0 bridgehead atoms.